The van der Waals surface area contributed by atoms with Gasteiger partial charge >= 0.3 is 5.97 Å². The molecule has 11 heteroatoms. The van der Waals surface area contributed by atoms with Gasteiger partial charge in [-0.3, -0.25) is 14.4 Å². The fraction of sp³-hybridized carbons (Fsp3) is 0.789. The molecule has 174 valence electrons. The Hall–Kier alpha value is -1.85. The van der Waals surface area contributed by atoms with E-state index in [2.05, 4.69) is 28.6 Å². The number of aliphatic hydroxyl groups excluding tert-OH is 1. The number of nitrogens with one attached hydrogen (secondary N) is 3. The molecule has 0 saturated carbocycles. The Balaban J connectivity index is 5.28. The van der Waals surface area contributed by atoms with Crippen LogP contribution in [0.5, 0.6) is 0 Å². The topological polar surface area (TPSA) is 171 Å². The third-order valence-electron chi connectivity index (χ3n) is 4.30. The normalized spacial score (nSPS) is 16.3. The lowest BCUT2D eigenvalue weighted by Gasteiger charge is -2.26. The van der Waals surface area contributed by atoms with Crippen LogP contribution in [-0.2, 0) is 19.2 Å². The van der Waals surface area contributed by atoms with E-state index in [1.54, 1.807) is 0 Å². The number of thiol groups is 1. The number of nitrogens with two attached hydrogens (primary N) is 1. The van der Waals surface area contributed by atoms with Crippen LogP contribution >= 0.6 is 12.6 Å². The third-order valence-corrected chi connectivity index (χ3v) is 4.66. The monoisotopic (exact) mass is 448 g/mol. The SMILES string of the molecule is CC(C)CC(NC(=O)C(CC(C)C)NC(=O)C(CS)NC(=O)C(N)C(C)O)C(=O)O. The summed E-state index contributed by atoms with van der Waals surface area (Å²) in [6.45, 7) is 8.74. The molecule has 0 aromatic carbocycles. The van der Waals surface area contributed by atoms with Crippen LogP contribution in [0.3, 0.4) is 0 Å². The molecule has 0 spiro atoms. The minimum atomic E-state index is -1.22. The molecule has 5 atom stereocenters. The highest BCUT2D eigenvalue weighted by atomic mass is 32.1. The zero-order valence-corrected chi connectivity index (χ0v) is 19.1. The summed E-state index contributed by atoms with van der Waals surface area (Å²) in [5.74, 6) is -3.15. The van der Waals surface area contributed by atoms with Gasteiger partial charge in [0.1, 0.15) is 24.2 Å². The van der Waals surface area contributed by atoms with Gasteiger partial charge in [0, 0.05) is 5.75 Å². The van der Waals surface area contributed by atoms with Crippen molar-refractivity contribution in [1.29, 1.82) is 0 Å². The highest BCUT2D eigenvalue weighted by Crippen LogP contribution is 2.09. The summed E-state index contributed by atoms with van der Waals surface area (Å²) < 4.78 is 0. The number of aliphatic carboxylic acids is 1. The Morgan fingerprint density at radius 2 is 1.20 bits per heavy atom. The zero-order chi connectivity index (χ0) is 23.6. The summed E-state index contributed by atoms with van der Waals surface area (Å²) in [6, 6.07) is -4.37. The highest BCUT2D eigenvalue weighted by Gasteiger charge is 2.31. The summed E-state index contributed by atoms with van der Waals surface area (Å²) in [5, 5.41) is 26.2. The van der Waals surface area contributed by atoms with Gasteiger partial charge in [-0.25, -0.2) is 4.79 Å². The Labute approximate surface area is 183 Å². The van der Waals surface area contributed by atoms with Gasteiger partial charge in [-0.2, -0.15) is 12.6 Å². The van der Waals surface area contributed by atoms with Crippen molar-refractivity contribution in [3.63, 3.8) is 0 Å². The molecule has 0 aliphatic carbocycles. The smallest absolute Gasteiger partial charge is 0.326 e. The number of carboxylic acids is 1. The molecule has 0 aliphatic rings. The van der Waals surface area contributed by atoms with Crippen LogP contribution < -0.4 is 21.7 Å². The summed E-state index contributed by atoms with van der Waals surface area (Å²) in [6.07, 6.45) is -0.593. The third kappa shape index (κ3) is 10.3. The largest absolute Gasteiger partial charge is 0.480 e. The second-order valence-electron chi connectivity index (χ2n) is 8.23. The average molecular weight is 449 g/mol. The number of carbonyl (C=O) groups is 4. The van der Waals surface area contributed by atoms with E-state index in [1.165, 1.54) is 6.92 Å². The highest BCUT2D eigenvalue weighted by molar-refractivity contribution is 7.80. The molecule has 10 nitrogen and oxygen atoms in total. The molecule has 0 rings (SSSR count). The van der Waals surface area contributed by atoms with Gasteiger partial charge in [-0.15, -0.1) is 0 Å². The fourth-order valence-corrected chi connectivity index (χ4v) is 2.88. The first-order valence-electron chi connectivity index (χ1n) is 9.98. The first-order chi connectivity index (χ1) is 13.8. The lowest BCUT2D eigenvalue weighted by atomic mass is 10.0. The number of amides is 3. The standard InChI is InChI=1S/C19H36N4O6S/c1-9(2)6-12(16(25)22-13(19(28)29)7-10(3)4)21-17(26)14(8-30)23-18(27)15(20)11(5)24/h9-15,24,30H,6-8,20H2,1-5H3,(H,21,26)(H,22,25)(H,23,27)(H,28,29). The van der Waals surface area contributed by atoms with E-state index in [1.807, 2.05) is 27.7 Å². The van der Waals surface area contributed by atoms with E-state index in [9.17, 15) is 29.4 Å². The van der Waals surface area contributed by atoms with Crippen LogP contribution in [0.1, 0.15) is 47.5 Å². The lowest BCUT2D eigenvalue weighted by Crippen LogP contribution is -2.58. The quantitative estimate of drug-likeness (QED) is 0.182. The Kier molecular flexibility index (Phi) is 12.6. The van der Waals surface area contributed by atoms with Crippen molar-refractivity contribution in [2.45, 2.75) is 77.7 Å². The molecule has 30 heavy (non-hydrogen) atoms. The average Bonchev–Trinajstić information content (AvgIpc) is 2.62. The van der Waals surface area contributed by atoms with E-state index in [4.69, 9.17) is 5.73 Å². The van der Waals surface area contributed by atoms with Crippen molar-refractivity contribution in [3.05, 3.63) is 0 Å². The number of hydrogen-bond acceptors (Lipinski definition) is 7. The minimum Gasteiger partial charge on any atom is -0.480 e. The number of hydrogen-bond donors (Lipinski definition) is 7. The van der Waals surface area contributed by atoms with Crippen LogP contribution in [0.15, 0.2) is 0 Å². The number of carbonyl (C=O) groups excluding carboxylic acids is 3. The minimum absolute atomic E-state index is 0.0298. The van der Waals surface area contributed by atoms with Crippen molar-refractivity contribution in [3.8, 4) is 0 Å². The summed E-state index contributed by atoms with van der Waals surface area (Å²) in [4.78, 5) is 48.8. The number of aliphatic hydroxyl groups is 1. The van der Waals surface area contributed by atoms with Crippen molar-refractivity contribution in [1.82, 2.24) is 16.0 Å². The Bertz CT molecular complexity index is 600. The molecule has 7 N–H and O–H groups in total. The van der Waals surface area contributed by atoms with Gasteiger partial charge in [-0.1, -0.05) is 27.7 Å². The molecule has 0 heterocycles. The molecule has 3 amide bonds. The fourth-order valence-electron chi connectivity index (χ4n) is 2.62. The number of rotatable bonds is 13. The van der Waals surface area contributed by atoms with Crippen LogP contribution in [-0.4, -0.2) is 69.9 Å². The van der Waals surface area contributed by atoms with Gasteiger partial charge in [0.05, 0.1) is 6.10 Å². The second-order valence-corrected chi connectivity index (χ2v) is 8.59. The van der Waals surface area contributed by atoms with Gasteiger partial charge < -0.3 is 31.9 Å². The Morgan fingerprint density at radius 1 is 0.800 bits per heavy atom. The molecule has 0 aromatic rings. The van der Waals surface area contributed by atoms with Crippen LogP contribution in [0.25, 0.3) is 0 Å². The van der Waals surface area contributed by atoms with Gasteiger partial charge in [0.15, 0.2) is 0 Å². The molecule has 0 radical (unpaired) electrons. The molecule has 0 aliphatic heterocycles. The first-order valence-corrected chi connectivity index (χ1v) is 10.6. The maximum Gasteiger partial charge on any atom is 0.326 e. The molecular formula is C19H36N4O6S. The van der Waals surface area contributed by atoms with Gasteiger partial charge in [0.2, 0.25) is 17.7 Å². The molecule has 0 bridgehead atoms. The first kappa shape index (κ1) is 28.1. The van der Waals surface area contributed by atoms with Crippen LogP contribution in [0.4, 0.5) is 0 Å². The van der Waals surface area contributed by atoms with E-state index in [0.29, 0.717) is 0 Å². The summed E-state index contributed by atoms with van der Waals surface area (Å²) in [7, 11) is 0. The van der Waals surface area contributed by atoms with Crippen molar-refractivity contribution < 1.29 is 29.4 Å². The lowest BCUT2D eigenvalue weighted by molar-refractivity contribution is -0.143. The molecule has 0 fully saturated rings. The molecular weight excluding hydrogens is 412 g/mol. The van der Waals surface area contributed by atoms with Crippen molar-refractivity contribution in [2.75, 3.05) is 5.75 Å². The maximum absolute atomic E-state index is 12.7. The summed E-state index contributed by atoms with van der Waals surface area (Å²) >= 11 is 4.06. The predicted octanol–water partition coefficient (Wildman–Crippen LogP) is -0.744. The molecule has 0 aromatic heterocycles. The van der Waals surface area contributed by atoms with Crippen molar-refractivity contribution in [2.24, 2.45) is 17.6 Å². The maximum atomic E-state index is 12.7. The predicted molar refractivity (Wildman–Crippen MR) is 116 cm³/mol. The van der Waals surface area contributed by atoms with E-state index < -0.39 is 54.0 Å². The Morgan fingerprint density at radius 3 is 1.60 bits per heavy atom. The number of carboxylic acid groups (broad SMARTS) is 1. The van der Waals surface area contributed by atoms with E-state index >= 15 is 0 Å². The van der Waals surface area contributed by atoms with E-state index in [-0.39, 0.29) is 30.4 Å². The van der Waals surface area contributed by atoms with Gasteiger partial charge in [0.25, 0.3) is 0 Å². The van der Waals surface area contributed by atoms with Gasteiger partial charge in [-0.05, 0) is 31.6 Å². The van der Waals surface area contributed by atoms with Crippen LogP contribution in [0.2, 0.25) is 0 Å². The molecule has 5 unspecified atom stereocenters. The molecule has 0 saturated heterocycles. The van der Waals surface area contributed by atoms with Crippen LogP contribution in [0, 0.1) is 11.8 Å². The summed E-state index contributed by atoms with van der Waals surface area (Å²) in [5.41, 5.74) is 5.56. The zero-order valence-electron chi connectivity index (χ0n) is 18.2. The van der Waals surface area contributed by atoms with E-state index in [0.717, 1.165) is 0 Å². The van der Waals surface area contributed by atoms with Crippen molar-refractivity contribution >= 4 is 36.3 Å². The second kappa shape index (κ2) is 13.5.